The Morgan fingerprint density at radius 2 is 1.72 bits per heavy atom. The van der Waals surface area contributed by atoms with Crippen molar-refractivity contribution < 1.29 is 0 Å². The SMILES string of the molecule is CC(C)c1ccc(CNCC2CCCCC2)cc1. The summed E-state index contributed by atoms with van der Waals surface area (Å²) in [4.78, 5) is 0. The molecule has 0 aliphatic heterocycles. The van der Waals surface area contributed by atoms with Gasteiger partial charge in [-0.2, -0.15) is 0 Å². The van der Waals surface area contributed by atoms with Crippen LogP contribution in [0.25, 0.3) is 0 Å². The van der Waals surface area contributed by atoms with Crippen molar-refractivity contribution in [3.05, 3.63) is 35.4 Å². The maximum atomic E-state index is 3.62. The Morgan fingerprint density at radius 1 is 1.06 bits per heavy atom. The van der Waals surface area contributed by atoms with Crippen molar-refractivity contribution in [2.75, 3.05) is 6.54 Å². The molecule has 1 aliphatic rings. The lowest BCUT2D eigenvalue weighted by Gasteiger charge is -2.21. The molecular weight excluding hydrogens is 218 g/mol. The van der Waals surface area contributed by atoms with E-state index in [-0.39, 0.29) is 0 Å². The van der Waals surface area contributed by atoms with Gasteiger partial charge < -0.3 is 5.32 Å². The molecule has 1 aromatic carbocycles. The maximum absolute atomic E-state index is 3.62. The van der Waals surface area contributed by atoms with E-state index < -0.39 is 0 Å². The number of rotatable bonds is 5. The van der Waals surface area contributed by atoms with Gasteiger partial charge in [0.25, 0.3) is 0 Å². The summed E-state index contributed by atoms with van der Waals surface area (Å²) in [6.45, 7) is 6.72. The number of hydrogen-bond donors (Lipinski definition) is 1. The van der Waals surface area contributed by atoms with Crippen LogP contribution in [0.2, 0.25) is 0 Å². The first-order valence-electron chi connectivity index (χ1n) is 7.55. The second kappa shape index (κ2) is 6.94. The van der Waals surface area contributed by atoms with E-state index in [9.17, 15) is 0 Å². The molecule has 1 aromatic rings. The van der Waals surface area contributed by atoms with Crippen molar-refractivity contribution >= 4 is 0 Å². The second-order valence-corrected chi connectivity index (χ2v) is 6.03. The van der Waals surface area contributed by atoms with Crippen molar-refractivity contribution in [1.82, 2.24) is 5.32 Å². The predicted molar refractivity (Wildman–Crippen MR) is 78.8 cm³/mol. The molecule has 2 rings (SSSR count). The second-order valence-electron chi connectivity index (χ2n) is 6.03. The molecule has 0 aromatic heterocycles. The van der Waals surface area contributed by atoms with Crippen molar-refractivity contribution in [1.29, 1.82) is 0 Å². The third kappa shape index (κ3) is 4.13. The standard InChI is InChI=1S/C17H27N/c1-14(2)17-10-8-16(9-11-17)13-18-12-15-6-4-3-5-7-15/h8-11,14-15,18H,3-7,12-13H2,1-2H3. The van der Waals surface area contributed by atoms with Crippen LogP contribution in [0.3, 0.4) is 0 Å². The summed E-state index contributed by atoms with van der Waals surface area (Å²) >= 11 is 0. The average Bonchev–Trinajstić information content (AvgIpc) is 2.40. The van der Waals surface area contributed by atoms with Gasteiger partial charge in [0, 0.05) is 6.54 Å². The molecule has 1 fully saturated rings. The highest BCUT2D eigenvalue weighted by atomic mass is 14.9. The van der Waals surface area contributed by atoms with Crippen LogP contribution < -0.4 is 5.32 Å². The molecule has 0 saturated heterocycles. The summed E-state index contributed by atoms with van der Waals surface area (Å²) in [6.07, 6.45) is 7.19. The molecule has 1 saturated carbocycles. The topological polar surface area (TPSA) is 12.0 Å². The first kappa shape index (κ1) is 13.6. The molecule has 0 heterocycles. The van der Waals surface area contributed by atoms with Crippen LogP contribution in [0.4, 0.5) is 0 Å². The van der Waals surface area contributed by atoms with Crippen LogP contribution in [0, 0.1) is 5.92 Å². The van der Waals surface area contributed by atoms with Gasteiger partial charge in [0.15, 0.2) is 0 Å². The largest absolute Gasteiger partial charge is 0.312 e. The van der Waals surface area contributed by atoms with Gasteiger partial charge in [0.1, 0.15) is 0 Å². The molecule has 18 heavy (non-hydrogen) atoms. The zero-order valence-electron chi connectivity index (χ0n) is 11.9. The molecular formula is C17H27N. The molecule has 1 aliphatic carbocycles. The Balaban J connectivity index is 1.72. The first-order chi connectivity index (χ1) is 8.75. The van der Waals surface area contributed by atoms with Crippen molar-refractivity contribution in [2.45, 2.75) is 58.4 Å². The molecule has 0 amide bonds. The van der Waals surface area contributed by atoms with E-state index in [2.05, 4.69) is 43.4 Å². The number of nitrogens with one attached hydrogen (secondary N) is 1. The zero-order valence-corrected chi connectivity index (χ0v) is 11.9. The Bertz CT molecular complexity index is 333. The van der Waals surface area contributed by atoms with E-state index in [4.69, 9.17) is 0 Å². The number of benzene rings is 1. The average molecular weight is 245 g/mol. The fourth-order valence-electron chi connectivity index (χ4n) is 2.83. The molecule has 1 N–H and O–H groups in total. The molecule has 0 radical (unpaired) electrons. The normalized spacial score (nSPS) is 17.3. The highest BCUT2D eigenvalue weighted by Crippen LogP contribution is 2.22. The summed E-state index contributed by atoms with van der Waals surface area (Å²) in [6, 6.07) is 9.07. The first-order valence-corrected chi connectivity index (χ1v) is 7.55. The van der Waals surface area contributed by atoms with Gasteiger partial charge in [-0.3, -0.25) is 0 Å². The Morgan fingerprint density at radius 3 is 2.33 bits per heavy atom. The minimum Gasteiger partial charge on any atom is -0.312 e. The molecule has 0 unspecified atom stereocenters. The van der Waals surface area contributed by atoms with Crippen LogP contribution in [0.5, 0.6) is 0 Å². The Labute approximate surface area is 112 Å². The van der Waals surface area contributed by atoms with Gasteiger partial charge in [-0.1, -0.05) is 57.4 Å². The fourth-order valence-corrected chi connectivity index (χ4v) is 2.83. The molecule has 1 nitrogen and oxygen atoms in total. The molecule has 0 atom stereocenters. The Hall–Kier alpha value is -0.820. The summed E-state index contributed by atoms with van der Waals surface area (Å²) in [5.74, 6) is 1.56. The van der Waals surface area contributed by atoms with Gasteiger partial charge in [-0.05, 0) is 42.3 Å². The van der Waals surface area contributed by atoms with Crippen LogP contribution >= 0.6 is 0 Å². The summed E-state index contributed by atoms with van der Waals surface area (Å²) in [5, 5.41) is 3.62. The third-order valence-corrected chi connectivity index (χ3v) is 4.13. The van der Waals surface area contributed by atoms with E-state index in [1.54, 1.807) is 0 Å². The van der Waals surface area contributed by atoms with E-state index >= 15 is 0 Å². The van der Waals surface area contributed by atoms with Crippen molar-refractivity contribution in [3.63, 3.8) is 0 Å². The van der Waals surface area contributed by atoms with Crippen LogP contribution in [-0.4, -0.2) is 6.54 Å². The summed E-state index contributed by atoms with van der Waals surface area (Å²) < 4.78 is 0. The van der Waals surface area contributed by atoms with Crippen molar-refractivity contribution in [3.8, 4) is 0 Å². The quantitative estimate of drug-likeness (QED) is 0.806. The van der Waals surface area contributed by atoms with E-state index in [0.717, 1.165) is 12.5 Å². The van der Waals surface area contributed by atoms with Crippen LogP contribution in [0.1, 0.15) is 63.0 Å². The van der Waals surface area contributed by atoms with Crippen molar-refractivity contribution in [2.24, 2.45) is 5.92 Å². The van der Waals surface area contributed by atoms with Gasteiger partial charge in [0.2, 0.25) is 0 Å². The molecule has 100 valence electrons. The fraction of sp³-hybridized carbons (Fsp3) is 0.647. The lowest BCUT2D eigenvalue weighted by atomic mass is 9.89. The molecule has 1 heteroatoms. The maximum Gasteiger partial charge on any atom is 0.0205 e. The number of hydrogen-bond acceptors (Lipinski definition) is 1. The van der Waals surface area contributed by atoms with E-state index in [1.807, 2.05) is 0 Å². The Kier molecular flexibility index (Phi) is 5.25. The monoisotopic (exact) mass is 245 g/mol. The van der Waals surface area contributed by atoms with Gasteiger partial charge in [-0.15, -0.1) is 0 Å². The minimum absolute atomic E-state index is 0.634. The van der Waals surface area contributed by atoms with Gasteiger partial charge in [-0.25, -0.2) is 0 Å². The van der Waals surface area contributed by atoms with Gasteiger partial charge >= 0.3 is 0 Å². The van der Waals surface area contributed by atoms with Gasteiger partial charge in [0.05, 0.1) is 0 Å². The third-order valence-electron chi connectivity index (χ3n) is 4.13. The van der Waals surface area contributed by atoms with Crippen LogP contribution in [0.15, 0.2) is 24.3 Å². The van der Waals surface area contributed by atoms with E-state index in [1.165, 1.54) is 49.8 Å². The lowest BCUT2D eigenvalue weighted by Crippen LogP contribution is -2.24. The smallest absolute Gasteiger partial charge is 0.0205 e. The highest BCUT2D eigenvalue weighted by Gasteiger charge is 2.12. The zero-order chi connectivity index (χ0) is 12.8. The lowest BCUT2D eigenvalue weighted by molar-refractivity contribution is 0.342. The molecule has 0 spiro atoms. The van der Waals surface area contributed by atoms with E-state index in [0.29, 0.717) is 5.92 Å². The predicted octanol–water partition coefficient (Wildman–Crippen LogP) is 4.48. The highest BCUT2D eigenvalue weighted by molar-refractivity contribution is 5.24. The summed E-state index contributed by atoms with van der Waals surface area (Å²) in [7, 11) is 0. The van der Waals surface area contributed by atoms with Crippen LogP contribution in [-0.2, 0) is 6.54 Å². The molecule has 0 bridgehead atoms. The summed E-state index contributed by atoms with van der Waals surface area (Å²) in [5.41, 5.74) is 2.85. The minimum atomic E-state index is 0.634.